The number of nitro groups is 2. The van der Waals surface area contributed by atoms with E-state index in [1.54, 1.807) is 48.5 Å². The van der Waals surface area contributed by atoms with Crippen LogP contribution in [0.25, 0.3) is 0 Å². The van der Waals surface area contributed by atoms with Crippen molar-refractivity contribution in [3.8, 4) is 11.5 Å². The molecule has 0 bridgehead atoms. The number of hydrogen-bond donors (Lipinski definition) is 0. The van der Waals surface area contributed by atoms with Gasteiger partial charge >= 0.3 is 0 Å². The highest BCUT2D eigenvalue weighted by atomic mass is 16.6. The van der Waals surface area contributed by atoms with Crippen LogP contribution in [-0.4, -0.2) is 22.9 Å². The lowest BCUT2D eigenvalue weighted by atomic mass is 10.1. The first-order valence-corrected chi connectivity index (χ1v) is 7.13. The summed E-state index contributed by atoms with van der Waals surface area (Å²) >= 11 is 0. The molecular weight excluding hydrogens is 300 g/mol. The van der Waals surface area contributed by atoms with Crippen LogP contribution in [0.15, 0.2) is 48.5 Å². The van der Waals surface area contributed by atoms with Gasteiger partial charge in [0.2, 0.25) is 13.1 Å². The minimum atomic E-state index is -0.373. The van der Waals surface area contributed by atoms with E-state index in [1.807, 2.05) is 0 Å². The average molecular weight is 316 g/mol. The van der Waals surface area contributed by atoms with E-state index in [1.165, 1.54) is 0 Å². The van der Waals surface area contributed by atoms with Gasteiger partial charge < -0.3 is 4.74 Å². The second-order valence-electron chi connectivity index (χ2n) is 4.93. The van der Waals surface area contributed by atoms with E-state index < -0.39 is 0 Å². The Morgan fingerprint density at radius 1 is 0.739 bits per heavy atom. The van der Waals surface area contributed by atoms with E-state index >= 15 is 0 Å². The zero-order valence-electron chi connectivity index (χ0n) is 12.4. The predicted molar refractivity (Wildman–Crippen MR) is 84.1 cm³/mol. The first kappa shape index (κ1) is 16.4. The molecule has 0 unspecified atom stereocenters. The maximum Gasteiger partial charge on any atom is 0.208 e. The maximum atomic E-state index is 10.5. The molecule has 0 fully saturated rings. The van der Waals surface area contributed by atoms with Crippen molar-refractivity contribution in [2.45, 2.75) is 12.8 Å². The van der Waals surface area contributed by atoms with Crippen molar-refractivity contribution in [2.75, 3.05) is 13.1 Å². The van der Waals surface area contributed by atoms with Crippen LogP contribution in [0.3, 0.4) is 0 Å². The van der Waals surface area contributed by atoms with Gasteiger partial charge in [-0.3, -0.25) is 20.2 Å². The Morgan fingerprint density at radius 2 is 1.13 bits per heavy atom. The molecule has 2 aromatic carbocycles. The maximum absolute atomic E-state index is 10.5. The van der Waals surface area contributed by atoms with Crippen molar-refractivity contribution in [3.05, 3.63) is 79.9 Å². The van der Waals surface area contributed by atoms with Gasteiger partial charge in [0.1, 0.15) is 11.5 Å². The summed E-state index contributed by atoms with van der Waals surface area (Å²) in [5.41, 5.74) is 1.46. The summed E-state index contributed by atoms with van der Waals surface area (Å²) in [5.74, 6) is 1.06. The molecule has 7 heteroatoms. The van der Waals surface area contributed by atoms with Crippen LogP contribution in [0.1, 0.15) is 11.1 Å². The van der Waals surface area contributed by atoms with Crippen molar-refractivity contribution >= 4 is 0 Å². The zero-order chi connectivity index (χ0) is 16.7. The standard InChI is InChI=1S/C16H16N2O5/c19-17(20)11-9-13-5-1-3-7-15(13)23-16-8-4-2-6-14(16)10-12-18(21)22/h1-8H,9-12H2. The molecule has 0 aliphatic rings. The molecule has 0 aromatic heterocycles. The average Bonchev–Trinajstić information content (AvgIpc) is 2.53. The molecular formula is C16H16N2O5. The third-order valence-corrected chi connectivity index (χ3v) is 3.29. The number of benzene rings is 2. The number of nitrogens with zero attached hydrogens (tertiary/aromatic N) is 2. The Kier molecular flexibility index (Phi) is 5.62. The van der Waals surface area contributed by atoms with Gasteiger partial charge in [-0.05, 0) is 12.1 Å². The van der Waals surface area contributed by atoms with E-state index in [0.717, 1.165) is 11.1 Å². The Hall–Kier alpha value is -2.96. The van der Waals surface area contributed by atoms with E-state index in [4.69, 9.17) is 4.74 Å². The highest BCUT2D eigenvalue weighted by molar-refractivity contribution is 5.41. The summed E-state index contributed by atoms with van der Waals surface area (Å²) in [5, 5.41) is 21.1. The van der Waals surface area contributed by atoms with Gasteiger partial charge in [-0.1, -0.05) is 36.4 Å². The Labute approximate surface area is 132 Å². The second-order valence-corrected chi connectivity index (χ2v) is 4.93. The largest absolute Gasteiger partial charge is 0.457 e. The molecule has 0 saturated carbocycles. The van der Waals surface area contributed by atoms with Crippen molar-refractivity contribution < 1.29 is 14.6 Å². The normalized spacial score (nSPS) is 10.3. The van der Waals surface area contributed by atoms with Crippen LogP contribution in [0.5, 0.6) is 11.5 Å². The lowest BCUT2D eigenvalue weighted by molar-refractivity contribution is -0.479. The smallest absolute Gasteiger partial charge is 0.208 e. The molecule has 0 aliphatic heterocycles. The van der Waals surface area contributed by atoms with Gasteiger partial charge in [-0.2, -0.15) is 0 Å². The first-order valence-electron chi connectivity index (χ1n) is 7.13. The molecule has 0 saturated heterocycles. The highest BCUT2D eigenvalue weighted by Gasteiger charge is 2.11. The van der Waals surface area contributed by atoms with Gasteiger partial charge in [-0.15, -0.1) is 0 Å². The molecule has 0 heterocycles. The van der Waals surface area contributed by atoms with Gasteiger partial charge in [0.25, 0.3) is 0 Å². The van der Waals surface area contributed by atoms with Crippen LogP contribution in [0.2, 0.25) is 0 Å². The zero-order valence-corrected chi connectivity index (χ0v) is 12.4. The van der Waals surface area contributed by atoms with Crippen molar-refractivity contribution in [1.29, 1.82) is 0 Å². The third-order valence-electron chi connectivity index (χ3n) is 3.29. The number of rotatable bonds is 8. The van der Waals surface area contributed by atoms with Crippen molar-refractivity contribution in [2.24, 2.45) is 0 Å². The molecule has 0 N–H and O–H groups in total. The van der Waals surface area contributed by atoms with Crippen LogP contribution in [-0.2, 0) is 12.8 Å². The Bertz CT molecular complexity index is 643. The fourth-order valence-corrected chi connectivity index (χ4v) is 2.16. The fourth-order valence-electron chi connectivity index (χ4n) is 2.16. The second kappa shape index (κ2) is 7.88. The number of ether oxygens (including phenoxy) is 1. The SMILES string of the molecule is O=[N+]([O-])CCc1ccccc1Oc1ccccc1CC[N+](=O)[O-]. The van der Waals surface area contributed by atoms with E-state index in [-0.39, 0.29) is 35.8 Å². The molecule has 0 spiro atoms. The van der Waals surface area contributed by atoms with Crippen molar-refractivity contribution in [1.82, 2.24) is 0 Å². The highest BCUT2D eigenvalue weighted by Crippen LogP contribution is 2.28. The molecule has 0 aliphatic carbocycles. The molecule has 0 atom stereocenters. The van der Waals surface area contributed by atoms with Crippen LogP contribution in [0, 0.1) is 20.2 Å². The third kappa shape index (κ3) is 5.06. The molecule has 23 heavy (non-hydrogen) atoms. The molecule has 7 nitrogen and oxygen atoms in total. The van der Waals surface area contributed by atoms with E-state index in [2.05, 4.69) is 0 Å². The quantitative estimate of drug-likeness (QED) is 0.550. The summed E-state index contributed by atoms with van der Waals surface area (Å²) in [4.78, 5) is 20.3. The first-order chi connectivity index (χ1) is 11.1. The number of para-hydroxylation sites is 2. The monoisotopic (exact) mass is 316 g/mol. The predicted octanol–water partition coefficient (Wildman–Crippen LogP) is 3.12. The summed E-state index contributed by atoms with van der Waals surface area (Å²) in [7, 11) is 0. The molecule has 0 radical (unpaired) electrons. The van der Waals surface area contributed by atoms with Gasteiger partial charge in [0, 0.05) is 33.8 Å². The van der Waals surface area contributed by atoms with E-state index in [9.17, 15) is 20.2 Å². The summed E-state index contributed by atoms with van der Waals surface area (Å²) in [6.45, 7) is -0.354. The Balaban J connectivity index is 2.19. The fraction of sp³-hybridized carbons (Fsp3) is 0.250. The van der Waals surface area contributed by atoms with Gasteiger partial charge in [-0.25, -0.2) is 0 Å². The van der Waals surface area contributed by atoms with Crippen molar-refractivity contribution in [3.63, 3.8) is 0 Å². The Morgan fingerprint density at radius 3 is 1.52 bits per heavy atom. The molecule has 120 valence electrons. The lowest BCUT2D eigenvalue weighted by Crippen LogP contribution is -2.06. The van der Waals surface area contributed by atoms with Crippen LogP contribution >= 0.6 is 0 Å². The summed E-state index contributed by atoms with van der Waals surface area (Å²) in [6, 6.07) is 14.2. The minimum Gasteiger partial charge on any atom is -0.457 e. The van der Waals surface area contributed by atoms with E-state index in [0.29, 0.717) is 11.5 Å². The number of hydrogen-bond acceptors (Lipinski definition) is 5. The van der Waals surface area contributed by atoms with Gasteiger partial charge in [0.15, 0.2) is 0 Å². The summed E-state index contributed by atoms with van der Waals surface area (Å²) in [6.07, 6.45) is 0.528. The van der Waals surface area contributed by atoms with Crippen LogP contribution in [0.4, 0.5) is 0 Å². The molecule has 2 rings (SSSR count). The summed E-state index contributed by atoms with van der Waals surface area (Å²) < 4.78 is 5.86. The lowest BCUT2D eigenvalue weighted by Gasteiger charge is -2.13. The van der Waals surface area contributed by atoms with Crippen LogP contribution < -0.4 is 4.74 Å². The minimum absolute atomic E-state index is 0.177. The molecule has 2 aromatic rings. The molecule has 0 amide bonds. The van der Waals surface area contributed by atoms with Gasteiger partial charge in [0.05, 0.1) is 0 Å². The topological polar surface area (TPSA) is 95.5 Å².